The van der Waals surface area contributed by atoms with Gasteiger partial charge in [-0.05, 0) is 18.6 Å². The summed E-state index contributed by atoms with van der Waals surface area (Å²) in [6, 6.07) is 7.97. The minimum absolute atomic E-state index is 0.207. The molecule has 80 valence electrons. The molecule has 1 aliphatic carbocycles. The van der Waals surface area contributed by atoms with Crippen molar-refractivity contribution < 1.29 is 18.3 Å². The van der Waals surface area contributed by atoms with Gasteiger partial charge in [-0.1, -0.05) is 18.2 Å². The number of carbonyl (C=O) groups is 1. The fourth-order valence-electron chi connectivity index (χ4n) is 1.56. The van der Waals surface area contributed by atoms with Crippen molar-refractivity contribution in [1.82, 2.24) is 0 Å². The highest BCUT2D eigenvalue weighted by molar-refractivity contribution is 7.92. The van der Waals surface area contributed by atoms with Crippen molar-refractivity contribution in [2.45, 2.75) is 16.6 Å². The summed E-state index contributed by atoms with van der Waals surface area (Å²) in [4.78, 5) is 10.8. The van der Waals surface area contributed by atoms with Crippen molar-refractivity contribution in [3.63, 3.8) is 0 Å². The fourth-order valence-corrected chi connectivity index (χ4v) is 3.46. The number of sulfone groups is 1. The Bertz CT molecular complexity index is 477. The first-order valence-electron chi connectivity index (χ1n) is 4.55. The molecule has 0 heterocycles. The minimum atomic E-state index is -3.44. The van der Waals surface area contributed by atoms with Crippen LogP contribution in [0.15, 0.2) is 35.2 Å². The molecule has 0 amide bonds. The molecular weight excluding hydrogens is 216 g/mol. The van der Waals surface area contributed by atoms with Gasteiger partial charge >= 0.3 is 5.97 Å². The van der Waals surface area contributed by atoms with E-state index in [-0.39, 0.29) is 11.3 Å². The number of benzene rings is 1. The van der Waals surface area contributed by atoms with E-state index >= 15 is 0 Å². The van der Waals surface area contributed by atoms with Crippen LogP contribution < -0.4 is 0 Å². The van der Waals surface area contributed by atoms with E-state index in [4.69, 9.17) is 5.11 Å². The first-order chi connectivity index (χ1) is 7.03. The molecule has 1 aromatic carbocycles. The molecule has 0 aromatic heterocycles. The largest absolute Gasteiger partial charge is 0.481 e. The molecule has 5 heteroatoms. The van der Waals surface area contributed by atoms with Crippen LogP contribution in [-0.2, 0) is 14.6 Å². The van der Waals surface area contributed by atoms with Gasteiger partial charge in [-0.15, -0.1) is 0 Å². The number of aliphatic carboxylic acids is 1. The average Bonchev–Trinajstić information content (AvgIpc) is 2.99. The number of hydrogen-bond acceptors (Lipinski definition) is 3. The van der Waals surface area contributed by atoms with Crippen LogP contribution in [0.4, 0.5) is 0 Å². The molecule has 0 bridgehead atoms. The molecule has 0 radical (unpaired) electrons. The first-order valence-corrected chi connectivity index (χ1v) is 6.10. The summed E-state index contributed by atoms with van der Waals surface area (Å²) in [5, 5.41) is 7.93. The van der Waals surface area contributed by atoms with Crippen LogP contribution >= 0.6 is 0 Å². The lowest BCUT2D eigenvalue weighted by atomic mass is 10.4. The van der Waals surface area contributed by atoms with Gasteiger partial charge in [0.05, 0.1) is 16.1 Å². The lowest BCUT2D eigenvalue weighted by Gasteiger charge is -2.01. The predicted octanol–water partition coefficient (Wildman–Crippen LogP) is 0.933. The van der Waals surface area contributed by atoms with Crippen LogP contribution in [0.5, 0.6) is 0 Å². The Morgan fingerprint density at radius 3 is 2.33 bits per heavy atom. The molecule has 0 spiro atoms. The maximum Gasteiger partial charge on any atom is 0.307 e. The molecule has 1 aromatic rings. The van der Waals surface area contributed by atoms with E-state index in [9.17, 15) is 13.2 Å². The van der Waals surface area contributed by atoms with E-state index in [1.165, 1.54) is 12.1 Å². The van der Waals surface area contributed by atoms with Crippen LogP contribution in [-0.4, -0.2) is 24.7 Å². The molecule has 0 aliphatic heterocycles. The zero-order valence-corrected chi connectivity index (χ0v) is 8.65. The third-order valence-electron chi connectivity index (χ3n) is 2.52. The molecule has 1 N–H and O–H groups in total. The second-order valence-corrected chi connectivity index (χ2v) is 5.74. The zero-order chi connectivity index (χ0) is 11.1. The summed E-state index contributed by atoms with van der Waals surface area (Å²) in [7, 11) is -3.44. The van der Waals surface area contributed by atoms with Gasteiger partial charge in [0.15, 0.2) is 9.84 Å². The van der Waals surface area contributed by atoms with Gasteiger partial charge < -0.3 is 5.11 Å². The van der Waals surface area contributed by atoms with Crippen molar-refractivity contribution in [3.8, 4) is 0 Å². The highest BCUT2D eigenvalue weighted by Gasteiger charge is 2.52. The van der Waals surface area contributed by atoms with Gasteiger partial charge in [0.1, 0.15) is 0 Å². The Labute approximate surface area is 87.5 Å². The average molecular weight is 226 g/mol. The Morgan fingerprint density at radius 2 is 1.87 bits per heavy atom. The summed E-state index contributed by atoms with van der Waals surface area (Å²) < 4.78 is 23.7. The maximum absolute atomic E-state index is 11.8. The zero-order valence-electron chi connectivity index (χ0n) is 7.83. The smallest absolute Gasteiger partial charge is 0.307 e. The first kappa shape index (κ1) is 10.2. The molecule has 1 saturated carbocycles. The summed E-state index contributed by atoms with van der Waals surface area (Å²) in [6.45, 7) is 0. The molecular formula is C10H10O4S. The molecule has 0 unspecified atom stereocenters. The van der Waals surface area contributed by atoms with Gasteiger partial charge in [-0.2, -0.15) is 0 Å². The fraction of sp³-hybridized carbons (Fsp3) is 0.300. The van der Waals surface area contributed by atoms with E-state index < -0.39 is 27.0 Å². The van der Waals surface area contributed by atoms with Crippen LogP contribution in [0.2, 0.25) is 0 Å². The van der Waals surface area contributed by atoms with E-state index in [1.807, 2.05) is 0 Å². The molecule has 15 heavy (non-hydrogen) atoms. The summed E-state index contributed by atoms with van der Waals surface area (Å²) in [5.74, 6) is -1.75. The normalized spacial score (nSPS) is 24.8. The van der Waals surface area contributed by atoms with Crippen LogP contribution in [0.25, 0.3) is 0 Å². The Kier molecular flexibility index (Phi) is 2.26. The van der Waals surface area contributed by atoms with E-state index in [1.54, 1.807) is 18.2 Å². The maximum atomic E-state index is 11.8. The highest BCUT2D eigenvalue weighted by Crippen LogP contribution is 2.40. The van der Waals surface area contributed by atoms with Crippen molar-refractivity contribution in [2.75, 3.05) is 0 Å². The molecule has 2 atom stereocenters. The topological polar surface area (TPSA) is 71.4 Å². The standard InChI is InChI=1S/C10H10O4S/c11-10(12)8-6-9(8)15(13,14)7-4-2-1-3-5-7/h1-5,8-9H,6H2,(H,11,12)/t8-,9+/m0/s1. The van der Waals surface area contributed by atoms with Crippen LogP contribution in [0, 0.1) is 5.92 Å². The van der Waals surface area contributed by atoms with Crippen molar-refractivity contribution >= 4 is 15.8 Å². The SMILES string of the molecule is O=C(O)[C@H]1C[C@H]1S(=O)(=O)c1ccccc1. The van der Waals surface area contributed by atoms with E-state index in [0.717, 1.165) is 0 Å². The lowest BCUT2D eigenvalue weighted by Crippen LogP contribution is -2.13. The van der Waals surface area contributed by atoms with Crippen LogP contribution in [0.3, 0.4) is 0 Å². The number of rotatable bonds is 3. The minimum Gasteiger partial charge on any atom is -0.481 e. The lowest BCUT2D eigenvalue weighted by molar-refractivity contribution is -0.138. The number of carboxylic acids is 1. The van der Waals surface area contributed by atoms with Gasteiger partial charge in [0.25, 0.3) is 0 Å². The highest BCUT2D eigenvalue weighted by atomic mass is 32.2. The summed E-state index contributed by atoms with van der Waals surface area (Å²) in [5.41, 5.74) is 0. The van der Waals surface area contributed by atoms with E-state index in [2.05, 4.69) is 0 Å². The third kappa shape index (κ3) is 1.74. The van der Waals surface area contributed by atoms with Crippen molar-refractivity contribution in [3.05, 3.63) is 30.3 Å². The number of carboxylic acid groups (broad SMARTS) is 1. The second kappa shape index (κ2) is 3.34. The summed E-state index contributed by atoms with van der Waals surface area (Å²) in [6.07, 6.45) is 0.229. The van der Waals surface area contributed by atoms with E-state index in [0.29, 0.717) is 0 Å². The van der Waals surface area contributed by atoms with Gasteiger partial charge in [-0.25, -0.2) is 8.42 Å². The van der Waals surface area contributed by atoms with Crippen molar-refractivity contribution in [1.29, 1.82) is 0 Å². The van der Waals surface area contributed by atoms with Gasteiger partial charge in [0, 0.05) is 0 Å². The molecule has 1 aliphatic rings. The summed E-state index contributed by atoms with van der Waals surface area (Å²) >= 11 is 0. The second-order valence-electron chi connectivity index (χ2n) is 3.58. The quantitative estimate of drug-likeness (QED) is 0.832. The van der Waals surface area contributed by atoms with Gasteiger partial charge in [0.2, 0.25) is 0 Å². The van der Waals surface area contributed by atoms with Crippen LogP contribution in [0.1, 0.15) is 6.42 Å². The third-order valence-corrected chi connectivity index (χ3v) is 4.77. The van der Waals surface area contributed by atoms with Gasteiger partial charge in [-0.3, -0.25) is 4.79 Å². The monoisotopic (exact) mass is 226 g/mol. The predicted molar refractivity (Wildman–Crippen MR) is 53.2 cm³/mol. The molecule has 0 saturated heterocycles. The Balaban J connectivity index is 2.28. The Hall–Kier alpha value is -1.36. The molecule has 1 fully saturated rings. The molecule has 2 rings (SSSR count). The van der Waals surface area contributed by atoms with Crippen molar-refractivity contribution in [2.24, 2.45) is 5.92 Å². The molecule has 4 nitrogen and oxygen atoms in total. The Morgan fingerprint density at radius 1 is 1.27 bits per heavy atom. The number of hydrogen-bond donors (Lipinski definition) is 1.